The van der Waals surface area contributed by atoms with E-state index in [-0.39, 0.29) is 6.42 Å². The van der Waals surface area contributed by atoms with Crippen molar-refractivity contribution >= 4 is 17.2 Å². The van der Waals surface area contributed by atoms with Crippen molar-refractivity contribution in [3.63, 3.8) is 0 Å². The highest BCUT2D eigenvalue weighted by Crippen LogP contribution is 2.28. The van der Waals surface area contributed by atoms with Crippen LogP contribution in [0.3, 0.4) is 0 Å². The average molecular weight is 323 g/mol. The third kappa shape index (κ3) is 3.75. The summed E-state index contributed by atoms with van der Waals surface area (Å²) >= 11 is 1.26. The van der Waals surface area contributed by atoms with Crippen LogP contribution < -0.4 is 5.32 Å². The first-order valence-corrected chi connectivity index (χ1v) is 7.39. The number of fused-ring (bicyclic) bond motifs is 1. The number of hydrogen-bond acceptors (Lipinski definition) is 4. The Morgan fingerprint density at radius 3 is 2.86 bits per heavy atom. The molecule has 1 aromatic heterocycles. The summed E-state index contributed by atoms with van der Waals surface area (Å²) in [6.45, 7) is 2.48. The maximum absolute atomic E-state index is 12.5. The summed E-state index contributed by atoms with van der Waals surface area (Å²) in [7, 11) is 0. The molecule has 1 aromatic rings. The first kappa shape index (κ1) is 16.3. The fourth-order valence-electron chi connectivity index (χ4n) is 2.13. The van der Waals surface area contributed by atoms with Crippen LogP contribution in [0.25, 0.3) is 0 Å². The number of rotatable bonds is 4. The number of nitrogens with one attached hydrogen (secondary N) is 1. The minimum atomic E-state index is -4.75. The zero-order chi connectivity index (χ0) is 15.6. The molecule has 1 amide bonds. The Labute approximate surface area is 123 Å². The highest BCUT2D eigenvalue weighted by molar-refractivity contribution is 7.14. The number of amides is 1. The Balaban J connectivity index is 2.07. The molecule has 0 spiro atoms. The smallest absolute Gasteiger partial charge is 0.382 e. The van der Waals surface area contributed by atoms with Gasteiger partial charge in [-0.25, -0.2) is 0 Å². The maximum Gasteiger partial charge on any atom is 0.416 e. The molecular formula is C13H16F3NO3S. The van der Waals surface area contributed by atoms with Crippen molar-refractivity contribution in [2.24, 2.45) is 0 Å². The number of thiophene rings is 1. The third-order valence-electron chi connectivity index (χ3n) is 3.32. The van der Waals surface area contributed by atoms with Gasteiger partial charge in [-0.3, -0.25) is 4.79 Å². The third-order valence-corrected chi connectivity index (χ3v) is 4.56. The zero-order valence-corrected chi connectivity index (χ0v) is 12.2. The summed E-state index contributed by atoms with van der Waals surface area (Å²) in [5.41, 5.74) is 0.904. The number of aliphatic hydroxyl groups is 1. The van der Waals surface area contributed by atoms with Crippen LogP contribution >= 0.6 is 11.3 Å². The van der Waals surface area contributed by atoms with Gasteiger partial charge in [0, 0.05) is 11.3 Å². The average Bonchev–Trinajstić information content (AvgIpc) is 2.86. The van der Waals surface area contributed by atoms with Crippen LogP contribution in [0.2, 0.25) is 0 Å². The molecule has 0 aliphatic carbocycles. The van der Waals surface area contributed by atoms with E-state index in [4.69, 9.17) is 4.74 Å². The normalized spacial score (nSPS) is 18.0. The van der Waals surface area contributed by atoms with E-state index in [2.05, 4.69) is 5.32 Å². The molecule has 0 fully saturated rings. The second-order valence-corrected chi connectivity index (χ2v) is 5.97. The summed E-state index contributed by atoms with van der Waals surface area (Å²) in [6, 6.07) is 0.286. The first-order chi connectivity index (χ1) is 9.82. The van der Waals surface area contributed by atoms with Crippen LogP contribution in [0, 0.1) is 0 Å². The van der Waals surface area contributed by atoms with Gasteiger partial charge in [-0.15, -0.1) is 11.3 Å². The first-order valence-electron chi connectivity index (χ1n) is 6.58. The lowest BCUT2D eigenvalue weighted by Gasteiger charge is -2.24. The number of ether oxygens (including phenoxy) is 1. The van der Waals surface area contributed by atoms with Crippen molar-refractivity contribution in [3.8, 4) is 0 Å². The van der Waals surface area contributed by atoms with E-state index in [1.165, 1.54) is 18.3 Å². The molecule has 2 N–H and O–H groups in total. The van der Waals surface area contributed by atoms with E-state index in [9.17, 15) is 23.1 Å². The van der Waals surface area contributed by atoms with E-state index in [0.717, 1.165) is 10.4 Å². The quantitative estimate of drug-likeness (QED) is 0.893. The molecule has 1 aliphatic heterocycles. The summed E-state index contributed by atoms with van der Waals surface area (Å²) in [5, 5.41) is 11.5. The molecular weight excluding hydrogens is 307 g/mol. The fraction of sp³-hybridized carbons (Fsp3) is 0.615. The van der Waals surface area contributed by atoms with Gasteiger partial charge in [0.2, 0.25) is 0 Å². The molecule has 2 atom stereocenters. The molecule has 118 valence electrons. The summed E-state index contributed by atoms with van der Waals surface area (Å²) in [4.78, 5) is 13.4. The maximum atomic E-state index is 12.5. The molecule has 8 heteroatoms. The summed E-state index contributed by atoms with van der Waals surface area (Å²) < 4.78 is 42.8. The molecule has 2 heterocycles. The highest BCUT2D eigenvalue weighted by Gasteiger charge is 2.43. The van der Waals surface area contributed by atoms with Crippen molar-refractivity contribution in [2.75, 3.05) is 6.61 Å². The van der Waals surface area contributed by atoms with Gasteiger partial charge in [0.05, 0.1) is 24.1 Å². The van der Waals surface area contributed by atoms with Gasteiger partial charge in [0.25, 0.3) is 5.91 Å². The number of carbonyl (C=O) groups excluding carboxylic acids is 1. The van der Waals surface area contributed by atoms with Crippen molar-refractivity contribution in [2.45, 2.75) is 44.7 Å². The predicted molar refractivity (Wildman–Crippen MR) is 71.3 cm³/mol. The standard InChI is InChI=1S/C13H16F3NO3S/c1-2-8(11(18)13(14,15)16)17-12(19)10-5-7-6-20-4-3-9(7)21-10/h5,8,11,18H,2-4,6H2,1H3,(H,17,19)/t8-,11+/m0/s1. The predicted octanol–water partition coefficient (Wildman–Crippen LogP) is 2.25. The number of aliphatic hydroxyl groups excluding tert-OH is 1. The summed E-state index contributed by atoms with van der Waals surface area (Å²) in [5.74, 6) is -0.593. The van der Waals surface area contributed by atoms with Crippen LogP contribution in [0.4, 0.5) is 13.2 Å². The molecule has 1 aliphatic rings. The molecule has 0 bridgehead atoms. The van der Waals surface area contributed by atoms with Crippen LogP contribution in [0.15, 0.2) is 6.07 Å². The molecule has 4 nitrogen and oxygen atoms in total. The van der Waals surface area contributed by atoms with Crippen molar-refractivity contribution in [1.29, 1.82) is 0 Å². The van der Waals surface area contributed by atoms with Crippen LogP contribution in [-0.2, 0) is 17.8 Å². The molecule has 0 aromatic carbocycles. The summed E-state index contributed by atoms with van der Waals surface area (Å²) in [6.07, 6.45) is -6.63. The minimum absolute atomic E-state index is 0.0133. The van der Waals surface area contributed by atoms with Gasteiger partial charge in [0.15, 0.2) is 6.10 Å². The Kier molecular flexibility index (Phi) is 4.90. The zero-order valence-electron chi connectivity index (χ0n) is 11.4. The van der Waals surface area contributed by atoms with Gasteiger partial charge in [-0.1, -0.05) is 6.92 Å². The lowest BCUT2D eigenvalue weighted by atomic mass is 10.1. The van der Waals surface area contributed by atoms with Crippen LogP contribution in [-0.4, -0.2) is 35.9 Å². The van der Waals surface area contributed by atoms with Gasteiger partial charge in [-0.2, -0.15) is 13.2 Å². The van der Waals surface area contributed by atoms with Crippen LogP contribution in [0.5, 0.6) is 0 Å². The van der Waals surface area contributed by atoms with Gasteiger partial charge < -0.3 is 15.2 Å². The second-order valence-electron chi connectivity index (χ2n) is 4.84. The Bertz CT molecular complexity index is 492. The largest absolute Gasteiger partial charge is 0.416 e. The van der Waals surface area contributed by atoms with Crippen molar-refractivity contribution < 1.29 is 27.8 Å². The lowest BCUT2D eigenvalue weighted by Crippen LogP contribution is -2.49. The Morgan fingerprint density at radius 2 is 2.29 bits per heavy atom. The number of alkyl halides is 3. The van der Waals surface area contributed by atoms with E-state index < -0.39 is 24.2 Å². The molecule has 2 rings (SSSR count). The van der Waals surface area contributed by atoms with E-state index in [1.54, 1.807) is 6.07 Å². The number of hydrogen-bond donors (Lipinski definition) is 2. The Morgan fingerprint density at radius 1 is 1.57 bits per heavy atom. The molecule has 21 heavy (non-hydrogen) atoms. The second kappa shape index (κ2) is 6.33. The number of halogens is 3. The molecule has 0 radical (unpaired) electrons. The van der Waals surface area contributed by atoms with Crippen molar-refractivity contribution in [3.05, 3.63) is 21.4 Å². The Hall–Kier alpha value is -1.12. The topological polar surface area (TPSA) is 58.6 Å². The van der Waals surface area contributed by atoms with Gasteiger partial charge in [-0.05, 0) is 18.1 Å². The highest BCUT2D eigenvalue weighted by atomic mass is 32.1. The van der Waals surface area contributed by atoms with Gasteiger partial charge in [0.1, 0.15) is 0 Å². The lowest BCUT2D eigenvalue weighted by molar-refractivity contribution is -0.211. The molecule has 0 saturated heterocycles. The number of carbonyl (C=O) groups is 1. The monoisotopic (exact) mass is 323 g/mol. The van der Waals surface area contributed by atoms with Crippen LogP contribution in [0.1, 0.15) is 33.5 Å². The SMILES string of the molecule is CC[C@H](NC(=O)c1cc2c(s1)CCOC2)[C@@H](O)C(F)(F)F. The minimum Gasteiger partial charge on any atom is -0.382 e. The van der Waals surface area contributed by atoms with Gasteiger partial charge >= 0.3 is 6.18 Å². The fourth-order valence-corrected chi connectivity index (χ4v) is 3.18. The van der Waals surface area contributed by atoms with E-state index in [0.29, 0.717) is 24.5 Å². The van der Waals surface area contributed by atoms with E-state index >= 15 is 0 Å². The van der Waals surface area contributed by atoms with Crippen molar-refractivity contribution in [1.82, 2.24) is 5.32 Å². The van der Waals surface area contributed by atoms with E-state index in [1.807, 2.05) is 0 Å². The molecule has 0 unspecified atom stereocenters. The molecule has 0 saturated carbocycles.